The summed E-state index contributed by atoms with van der Waals surface area (Å²) < 4.78 is 14.4. The van der Waals surface area contributed by atoms with Crippen molar-refractivity contribution >= 4 is 28.9 Å². The lowest BCUT2D eigenvalue weighted by molar-refractivity contribution is 0.100. The van der Waals surface area contributed by atoms with Crippen LogP contribution in [0.1, 0.15) is 35.8 Å². The monoisotopic (exact) mass is 412 g/mol. The van der Waals surface area contributed by atoms with Gasteiger partial charge in [0, 0.05) is 34.1 Å². The summed E-state index contributed by atoms with van der Waals surface area (Å²) >= 11 is 6.01. The van der Waals surface area contributed by atoms with Crippen LogP contribution in [-0.2, 0) is 5.41 Å². The predicted molar refractivity (Wildman–Crippen MR) is 110 cm³/mol. The van der Waals surface area contributed by atoms with Crippen LogP contribution in [0.4, 0.5) is 15.8 Å². The Morgan fingerprint density at radius 1 is 1.24 bits per heavy atom. The number of rotatable bonds is 5. The number of benzene rings is 1. The molecule has 2 aromatic heterocycles. The third kappa shape index (κ3) is 3.61. The van der Waals surface area contributed by atoms with Gasteiger partial charge in [-0.05, 0) is 43.2 Å². The van der Waals surface area contributed by atoms with Gasteiger partial charge in [-0.3, -0.25) is 14.6 Å². The first kappa shape index (κ1) is 19.1. The van der Waals surface area contributed by atoms with Crippen LogP contribution in [0.15, 0.2) is 47.5 Å². The molecule has 4 rings (SSSR count). The van der Waals surface area contributed by atoms with Crippen LogP contribution in [0.5, 0.6) is 0 Å². The molecular weight excluding hydrogens is 395 g/mol. The highest BCUT2D eigenvalue weighted by molar-refractivity contribution is 6.30. The molecule has 3 aromatic rings. The van der Waals surface area contributed by atoms with Gasteiger partial charge in [0.15, 0.2) is 0 Å². The zero-order valence-corrected chi connectivity index (χ0v) is 16.3. The SMILES string of the molecule is CC1(c2[nH]c(=O)c(-c3cc(Cl)ccc3F)cc2Nc2ccncc2C(N)=O)CC1. The van der Waals surface area contributed by atoms with E-state index >= 15 is 0 Å². The number of nitrogens with one attached hydrogen (secondary N) is 2. The van der Waals surface area contributed by atoms with Gasteiger partial charge in [0.2, 0.25) is 0 Å². The minimum Gasteiger partial charge on any atom is -0.365 e. The van der Waals surface area contributed by atoms with Crippen molar-refractivity contribution in [2.24, 2.45) is 5.73 Å². The summed E-state index contributed by atoms with van der Waals surface area (Å²) in [6.45, 7) is 2.03. The maximum Gasteiger partial charge on any atom is 0.256 e. The normalized spacial score (nSPS) is 14.4. The number of hydrogen-bond donors (Lipinski definition) is 3. The van der Waals surface area contributed by atoms with Gasteiger partial charge in [-0.15, -0.1) is 0 Å². The number of hydrogen-bond acceptors (Lipinski definition) is 4. The first-order valence-electron chi connectivity index (χ1n) is 9.02. The number of anilines is 2. The molecule has 148 valence electrons. The van der Waals surface area contributed by atoms with Gasteiger partial charge < -0.3 is 16.0 Å². The molecule has 1 aromatic carbocycles. The number of H-pyrrole nitrogens is 1. The summed E-state index contributed by atoms with van der Waals surface area (Å²) in [6.07, 6.45) is 4.70. The van der Waals surface area contributed by atoms with E-state index in [2.05, 4.69) is 15.3 Å². The molecule has 1 aliphatic carbocycles. The van der Waals surface area contributed by atoms with Crippen LogP contribution < -0.4 is 16.6 Å². The first-order valence-corrected chi connectivity index (χ1v) is 9.40. The van der Waals surface area contributed by atoms with Crippen LogP contribution in [-0.4, -0.2) is 15.9 Å². The molecule has 29 heavy (non-hydrogen) atoms. The summed E-state index contributed by atoms with van der Waals surface area (Å²) in [5.41, 5.74) is 6.98. The molecule has 0 aliphatic heterocycles. The number of halogens is 2. The molecule has 1 saturated carbocycles. The fourth-order valence-electron chi connectivity index (χ4n) is 3.29. The van der Waals surface area contributed by atoms with E-state index in [4.69, 9.17) is 17.3 Å². The minimum atomic E-state index is -0.634. The van der Waals surface area contributed by atoms with Crippen molar-refractivity contribution in [1.29, 1.82) is 0 Å². The standard InChI is InChI=1S/C21H18ClFN4O2/c1-21(5-6-21)18-17(26-16-4-7-25-10-14(16)19(24)28)9-13(20(29)27-18)12-8-11(22)2-3-15(12)23/h2-4,7-10H,5-6H2,1H3,(H2,24,28)(H,25,26)(H,27,29). The van der Waals surface area contributed by atoms with Gasteiger partial charge in [0.25, 0.3) is 11.5 Å². The van der Waals surface area contributed by atoms with Crippen LogP contribution in [0.3, 0.4) is 0 Å². The Morgan fingerprint density at radius 3 is 2.69 bits per heavy atom. The van der Waals surface area contributed by atoms with E-state index in [1.165, 1.54) is 30.6 Å². The zero-order valence-electron chi connectivity index (χ0n) is 15.6. The predicted octanol–water partition coefficient (Wildman–Crippen LogP) is 4.12. The molecule has 0 spiro atoms. The third-order valence-corrected chi connectivity index (χ3v) is 5.45. The van der Waals surface area contributed by atoms with Crippen LogP contribution >= 0.6 is 11.6 Å². The van der Waals surface area contributed by atoms with E-state index in [0.717, 1.165) is 12.8 Å². The molecule has 0 radical (unpaired) electrons. The maximum atomic E-state index is 14.4. The second-order valence-corrected chi connectivity index (χ2v) is 7.83. The number of nitrogens with two attached hydrogens (primary N) is 1. The van der Waals surface area contributed by atoms with E-state index < -0.39 is 17.3 Å². The van der Waals surface area contributed by atoms with E-state index in [1.54, 1.807) is 12.1 Å². The summed E-state index contributed by atoms with van der Waals surface area (Å²) in [6, 6.07) is 7.24. The Hall–Kier alpha value is -3.19. The van der Waals surface area contributed by atoms with Crippen LogP contribution in [0.25, 0.3) is 11.1 Å². The van der Waals surface area contributed by atoms with Crippen molar-refractivity contribution in [1.82, 2.24) is 9.97 Å². The minimum absolute atomic E-state index is 0.0964. The Labute approximate surface area is 170 Å². The van der Waals surface area contributed by atoms with Crippen LogP contribution in [0, 0.1) is 5.82 Å². The molecule has 0 bridgehead atoms. The fourth-order valence-corrected chi connectivity index (χ4v) is 3.46. The number of aromatic amines is 1. The van der Waals surface area contributed by atoms with E-state index in [1.807, 2.05) is 6.92 Å². The smallest absolute Gasteiger partial charge is 0.256 e. The largest absolute Gasteiger partial charge is 0.365 e. The van der Waals surface area contributed by atoms with Gasteiger partial charge in [0.05, 0.1) is 22.5 Å². The average Bonchev–Trinajstić information content (AvgIpc) is 3.43. The number of amides is 1. The van der Waals surface area contributed by atoms with Crippen molar-refractivity contribution in [3.05, 3.63) is 75.2 Å². The van der Waals surface area contributed by atoms with Crippen molar-refractivity contribution in [2.45, 2.75) is 25.2 Å². The summed E-state index contributed by atoms with van der Waals surface area (Å²) in [4.78, 5) is 31.4. The molecule has 0 unspecified atom stereocenters. The lowest BCUT2D eigenvalue weighted by Gasteiger charge is -2.19. The quantitative estimate of drug-likeness (QED) is 0.586. The lowest BCUT2D eigenvalue weighted by Crippen LogP contribution is -2.19. The first-order chi connectivity index (χ1) is 13.8. The summed E-state index contributed by atoms with van der Waals surface area (Å²) in [5.74, 6) is -1.19. The third-order valence-electron chi connectivity index (χ3n) is 5.22. The molecular formula is C21H18ClFN4O2. The van der Waals surface area contributed by atoms with Crippen molar-refractivity contribution < 1.29 is 9.18 Å². The molecule has 1 amide bonds. The molecule has 0 atom stereocenters. The van der Waals surface area contributed by atoms with Gasteiger partial charge in [0.1, 0.15) is 5.82 Å². The topological polar surface area (TPSA) is 101 Å². The number of primary amides is 1. The summed E-state index contributed by atoms with van der Waals surface area (Å²) in [5, 5.41) is 3.49. The Bertz CT molecular complexity index is 1190. The second kappa shape index (κ2) is 7.00. The molecule has 2 heterocycles. The lowest BCUT2D eigenvalue weighted by atomic mass is 9.99. The van der Waals surface area contributed by atoms with E-state index in [9.17, 15) is 14.0 Å². The highest BCUT2D eigenvalue weighted by Gasteiger charge is 2.42. The van der Waals surface area contributed by atoms with Gasteiger partial charge >= 0.3 is 0 Å². The number of nitrogens with zero attached hydrogens (tertiary/aromatic N) is 1. The Kier molecular flexibility index (Phi) is 4.62. The highest BCUT2D eigenvalue weighted by Crippen LogP contribution is 2.49. The number of carbonyl (C=O) groups is 1. The fraction of sp³-hybridized carbons (Fsp3) is 0.190. The number of pyridine rings is 2. The van der Waals surface area contributed by atoms with Gasteiger partial charge in [-0.25, -0.2) is 4.39 Å². The van der Waals surface area contributed by atoms with Crippen molar-refractivity contribution in [3.63, 3.8) is 0 Å². The molecule has 1 aliphatic rings. The Balaban J connectivity index is 1.89. The average molecular weight is 413 g/mol. The second-order valence-electron chi connectivity index (χ2n) is 7.40. The molecule has 4 N–H and O–H groups in total. The number of aromatic nitrogens is 2. The van der Waals surface area contributed by atoms with Crippen LogP contribution in [0.2, 0.25) is 5.02 Å². The van der Waals surface area contributed by atoms with Gasteiger partial charge in [-0.2, -0.15) is 0 Å². The highest BCUT2D eigenvalue weighted by atomic mass is 35.5. The van der Waals surface area contributed by atoms with E-state index in [-0.39, 0.29) is 22.1 Å². The van der Waals surface area contributed by atoms with Crippen molar-refractivity contribution in [3.8, 4) is 11.1 Å². The molecule has 1 fully saturated rings. The summed E-state index contributed by atoms with van der Waals surface area (Å²) in [7, 11) is 0. The molecule has 6 nitrogen and oxygen atoms in total. The van der Waals surface area contributed by atoms with Crippen molar-refractivity contribution in [2.75, 3.05) is 5.32 Å². The van der Waals surface area contributed by atoms with E-state index in [0.29, 0.717) is 22.1 Å². The Morgan fingerprint density at radius 2 is 2.00 bits per heavy atom. The molecule has 8 heteroatoms. The van der Waals surface area contributed by atoms with Gasteiger partial charge in [-0.1, -0.05) is 18.5 Å². The zero-order chi connectivity index (χ0) is 20.8. The maximum absolute atomic E-state index is 14.4. The molecule has 0 saturated heterocycles. The number of carbonyl (C=O) groups excluding carboxylic acids is 1.